The number of anilines is 2. The van der Waals surface area contributed by atoms with E-state index < -0.39 is 5.91 Å². The van der Waals surface area contributed by atoms with Gasteiger partial charge in [-0.2, -0.15) is 0 Å². The number of nitrogens with one attached hydrogen (secondary N) is 1. The molecule has 7 nitrogen and oxygen atoms in total. The lowest BCUT2D eigenvalue weighted by atomic mass is 9.99. The predicted octanol–water partition coefficient (Wildman–Crippen LogP) is 3.33. The molecule has 0 atom stereocenters. The minimum atomic E-state index is -0.427. The number of pyridine rings is 1. The maximum absolute atomic E-state index is 12.4. The van der Waals surface area contributed by atoms with E-state index in [4.69, 9.17) is 0 Å². The molecule has 0 aliphatic carbocycles. The Hall–Kier alpha value is -3.48. The molecule has 0 spiro atoms. The molecule has 1 aliphatic rings. The molecule has 0 bridgehead atoms. The van der Waals surface area contributed by atoms with Crippen LogP contribution in [0.3, 0.4) is 0 Å². The highest BCUT2D eigenvalue weighted by atomic mass is 16.2. The van der Waals surface area contributed by atoms with Crippen LogP contribution in [-0.2, 0) is 7.05 Å². The zero-order valence-corrected chi connectivity index (χ0v) is 17.2. The summed E-state index contributed by atoms with van der Waals surface area (Å²) in [6.45, 7) is 4.33. The first-order valence-corrected chi connectivity index (χ1v) is 10.2. The van der Waals surface area contributed by atoms with Crippen LogP contribution in [-0.4, -0.2) is 33.8 Å². The minimum absolute atomic E-state index is 0.109. The number of hydrogen-bond acceptors (Lipinski definition) is 5. The Kier molecular flexibility index (Phi) is 5.61. The van der Waals surface area contributed by atoms with E-state index in [1.54, 1.807) is 31.4 Å². The molecule has 7 heteroatoms. The largest absolute Gasteiger partial charge is 0.355 e. The van der Waals surface area contributed by atoms with Crippen LogP contribution in [0, 0.1) is 5.92 Å². The summed E-state index contributed by atoms with van der Waals surface area (Å²) in [7, 11) is 1.62. The summed E-state index contributed by atoms with van der Waals surface area (Å²) in [5.41, 5.74) is 2.08. The molecule has 4 rings (SSSR count). The summed E-state index contributed by atoms with van der Waals surface area (Å²) in [4.78, 5) is 26.8. The number of rotatable bonds is 4. The highest BCUT2D eigenvalue weighted by molar-refractivity contribution is 6.04. The van der Waals surface area contributed by atoms with Gasteiger partial charge in [0.2, 0.25) is 0 Å². The second kappa shape index (κ2) is 8.49. The lowest BCUT2D eigenvalue weighted by Crippen LogP contribution is -2.33. The first-order chi connectivity index (χ1) is 14.5. The highest BCUT2D eigenvalue weighted by Crippen LogP contribution is 2.24. The fourth-order valence-corrected chi connectivity index (χ4v) is 3.58. The van der Waals surface area contributed by atoms with E-state index in [0.717, 1.165) is 36.1 Å². The number of carbonyl (C=O) groups excluding carboxylic acids is 1. The third-order valence-corrected chi connectivity index (χ3v) is 5.56. The van der Waals surface area contributed by atoms with Crippen LogP contribution in [0.4, 0.5) is 11.5 Å². The SMILES string of the molecule is CC1CCN(c2ccc(-c3ccc(NC(=O)c4cccn(C)c4=O)cc3)nn2)CC1. The fourth-order valence-electron chi connectivity index (χ4n) is 3.58. The van der Waals surface area contributed by atoms with Crippen molar-refractivity contribution in [3.8, 4) is 11.3 Å². The maximum atomic E-state index is 12.4. The monoisotopic (exact) mass is 403 g/mol. The third-order valence-electron chi connectivity index (χ3n) is 5.56. The van der Waals surface area contributed by atoms with E-state index in [-0.39, 0.29) is 11.1 Å². The third kappa shape index (κ3) is 4.25. The summed E-state index contributed by atoms with van der Waals surface area (Å²) in [5, 5.41) is 11.5. The Morgan fingerprint density at radius 2 is 1.77 bits per heavy atom. The Labute approximate surface area is 175 Å². The van der Waals surface area contributed by atoms with Crippen molar-refractivity contribution >= 4 is 17.4 Å². The Morgan fingerprint density at radius 1 is 1.03 bits per heavy atom. The molecule has 1 N–H and O–H groups in total. The van der Waals surface area contributed by atoms with Crippen LogP contribution in [0.1, 0.15) is 30.1 Å². The fraction of sp³-hybridized carbons (Fsp3) is 0.304. The molecule has 1 aliphatic heterocycles. The number of amides is 1. The van der Waals surface area contributed by atoms with Crippen molar-refractivity contribution in [3.63, 3.8) is 0 Å². The first-order valence-electron chi connectivity index (χ1n) is 10.2. The lowest BCUT2D eigenvalue weighted by Gasteiger charge is -2.30. The van der Waals surface area contributed by atoms with Crippen molar-refractivity contribution < 1.29 is 4.79 Å². The minimum Gasteiger partial charge on any atom is -0.355 e. The van der Waals surface area contributed by atoms with Gasteiger partial charge in [0.1, 0.15) is 5.56 Å². The summed E-state index contributed by atoms with van der Waals surface area (Å²) in [5.74, 6) is 1.26. The van der Waals surface area contributed by atoms with Crippen molar-refractivity contribution in [1.29, 1.82) is 0 Å². The molecule has 1 fully saturated rings. The van der Waals surface area contributed by atoms with Crippen molar-refractivity contribution in [2.75, 3.05) is 23.3 Å². The average molecular weight is 403 g/mol. The molecule has 3 heterocycles. The van der Waals surface area contributed by atoms with Gasteiger partial charge in [-0.3, -0.25) is 9.59 Å². The van der Waals surface area contributed by atoms with Crippen molar-refractivity contribution in [2.45, 2.75) is 19.8 Å². The second-order valence-electron chi connectivity index (χ2n) is 7.82. The predicted molar refractivity (Wildman–Crippen MR) is 118 cm³/mol. The zero-order chi connectivity index (χ0) is 21.1. The summed E-state index contributed by atoms with van der Waals surface area (Å²) in [6, 6.07) is 14.5. The maximum Gasteiger partial charge on any atom is 0.263 e. The Bertz CT molecular complexity index is 1080. The number of piperidine rings is 1. The number of carbonyl (C=O) groups is 1. The van der Waals surface area contributed by atoms with Gasteiger partial charge in [0, 0.05) is 37.6 Å². The van der Waals surface area contributed by atoms with E-state index in [9.17, 15) is 9.59 Å². The number of nitrogens with zero attached hydrogens (tertiary/aromatic N) is 4. The van der Waals surface area contributed by atoms with E-state index in [0.29, 0.717) is 5.69 Å². The second-order valence-corrected chi connectivity index (χ2v) is 7.82. The normalized spacial score (nSPS) is 14.5. The Balaban J connectivity index is 1.44. The lowest BCUT2D eigenvalue weighted by molar-refractivity contribution is 0.102. The van der Waals surface area contributed by atoms with Gasteiger partial charge >= 0.3 is 0 Å². The molecular weight excluding hydrogens is 378 g/mol. The first kappa shape index (κ1) is 19.8. The van der Waals surface area contributed by atoms with Gasteiger partial charge in [0.25, 0.3) is 11.5 Å². The van der Waals surface area contributed by atoms with E-state index in [1.807, 2.05) is 24.3 Å². The number of benzene rings is 1. The van der Waals surface area contributed by atoms with E-state index >= 15 is 0 Å². The van der Waals surface area contributed by atoms with Crippen molar-refractivity contribution in [3.05, 3.63) is 70.6 Å². The van der Waals surface area contributed by atoms with Gasteiger partial charge in [-0.15, -0.1) is 10.2 Å². The molecule has 0 saturated carbocycles. The average Bonchev–Trinajstić information content (AvgIpc) is 2.77. The molecule has 0 unspecified atom stereocenters. The molecule has 154 valence electrons. The molecule has 3 aromatic rings. The van der Waals surface area contributed by atoms with Crippen LogP contribution >= 0.6 is 0 Å². The molecule has 2 aromatic heterocycles. The summed E-state index contributed by atoms with van der Waals surface area (Å²) in [6.07, 6.45) is 3.99. The molecule has 0 radical (unpaired) electrons. The molecule has 1 saturated heterocycles. The molecular formula is C23H25N5O2. The molecule has 30 heavy (non-hydrogen) atoms. The van der Waals surface area contributed by atoms with Crippen LogP contribution in [0.2, 0.25) is 0 Å². The van der Waals surface area contributed by atoms with Gasteiger partial charge in [-0.1, -0.05) is 19.1 Å². The van der Waals surface area contributed by atoms with E-state index in [2.05, 4.69) is 27.3 Å². The van der Waals surface area contributed by atoms with Gasteiger partial charge in [-0.25, -0.2) is 0 Å². The quantitative estimate of drug-likeness (QED) is 0.723. The molecule has 1 aromatic carbocycles. The van der Waals surface area contributed by atoms with Gasteiger partial charge in [0.15, 0.2) is 5.82 Å². The van der Waals surface area contributed by atoms with Crippen molar-refractivity contribution in [1.82, 2.24) is 14.8 Å². The van der Waals surface area contributed by atoms with Crippen LogP contribution in [0.5, 0.6) is 0 Å². The van der Waals surface area contributed by atoms with Gasteiger partial charge < -0.3 is 14.8 Å². The van der Waals surface area contributed by atoms with E-state index in [1.165, 1.54) is 23.5 Å². The van der Waals surface area contributed by atoms with Gasteiger partial charge in [0.05, 0.1) is 5.69 Å². The summed E-state index contributed by atoms with van der Waals surface area (Å²) < 4.78 is 1.38. The Morgan fingerprint density at radius 3 is 2.43 bits per heavy atom. The van der Waals surface area contributed by atoms with Crippen LogP contribution in [0.25, 0.3) is 11.3 Å². The van der Waals surface area contributed by atoms with Crippen molar-refractivity contribution in [2.24, 2.45) is 13.0 Å². The topological polar surface area (TPSA) is 80.1 Å². The zero-order valence-electron chi connectivity index (χ0n) is 17.2. The van der Waals surface area contributed by atoms with Gasteiger partial charge in [-0.05, 0) is 55.2 Å². The van der Waals surface area contributed by atoms with Crippen LogP contribution in [0.15, 0.2) is 59.5 Å². The standard InChI is InChI=1S/C23H25N5O2/c1-16-11-14-28(15-12-16)21-10-9-20(25-26-21)17-5-7-18(8-6-17)24-22(29)19-4-3-13-27(2)23(19)30/h3-10,13,16H,11-12,14-15H2,1-2H3,(H,24,29). The number of aryl methyl sites for hydroxylation is 1. The smallest absolute Gasteiger partial charge is 0.263 e. The number of hydrogen-bond donors (Lipinski definition) is 1. The summed E-state index contributed by atoms with van der Waals surface area (Å²) >= 11 is 0. The molecule has 1 amide bonds. The highest BCUT2D eigenvalue weighted by Gasteiger charge is 2.17. The number of aromatic nitrogens is 3. The van der Waals surface area contributed by atoms with Crippen LogP contribution < -0.4 is 15.8 Å².